The summed E-state index contributed by atoms with van der Waals surface area (Å²) >= 11 is 3.28. The molecule has 0 aromatic heterocycles. The maximum absolute atomic E-state index is 10.8. The highest BCUT2D eigenvalue weighted by atomic mass is 79.9. The van der Waals surface area contributed by atoms with Crippen LogP contribution < -0.4 is 0 Å². The summed E-state index contributed by atoms with van der Waals surface area (Å²) in [4.78, 5) is 21.2. The molecule has 0 saturated carbocycles. The van der Waals surface area contributed by atoms with E-state index in [-0.39, 0.29) is 18.4 Å². The van der Waals surface area contributed by atoms with Gasteiger partial charge in [0.05, 0.1) is 6.61 Å². The van der Waals surface area contributed by atoms with Crippen molar-refractivity contribution in [2.75, 3.05) is 19.8 Å². The van der Waals surface area contributed by atoms with E-state index in [0.717, 1.165) is 10.0 Å². The van der Waals surface area contributed by atoms with Gasteiger partial charge in [0, 0.05) is 16.6 Å². The van der Waals surface area contributed by atoms with Crippen LogP contribution in [0.2, 0.25) is 0 Å². The fraction of sp³-hybridized carbons (Fsp3) is 0.429. The Morgan fingerprint density at radius 2 is 1.89 bits per heavy atom. The molecule has 1 aromatic carbocycles. The Hall–Kier alpha value is -1.20. The molecule has 0 aliphatic heterocycles. The molecule has 0 spiro atoms. The molecule has 0 atom stereocenters. The van der Waals surface area contributed by atoms with Gasteiger partial charge in [-0.3, -0.25) is 4.79 Å². The minimum absolute atomic E-state index is 0.0737. The fourth-order valence-corrected chi connectivity index (χ4v) is 1.49. The molecule has 0 unspecified atom stereocenters. The number of carbonyl (C=O) groups is 2. The molecular weight excluding hydrogens is 312 g/mol. The molecule has 0 N–H and O–H groups in total. The summed E-state index contributed by atoms with van der Waals surface area (Å²) in [6, 6.07) is 7.35. The summed E-state index contributed by atoms with van der Waals surface area (Å²) in [6.07, 6.45) is 0. The summed E-state index contributed by atoms with van der Waals surface area (Å²) in [7, 11) is 0. The molecule has 106 valence electrons. The molecule has 0 bridgehead atoms. The van der Waals surface area contributed by atoms with E-state index >= 15 is 0 Å². The van der Waals surface area contributed by atoms with Crippen molar-refractivity contribution in [1.29, 1.82) is 0 Å². The van der Waals surface area contributed by atoms with Crippen LogP contribution in [0.4, 0.5) is 0 Å². The molecule has 0 radical (unpaired) electrons. The van der Waals surface area contributed by atoms with Crippen LogP contribution in [0.15, 0.2) is 28.7 Å². The van der Waals surface area contributed by atoms with E-state index in [1.165, 1.54) is 0 Å². The van der Waals surface area contributed by atoms with Gasteiger partial charge in [0.15, 0.2) is 5.78 Å². The van der Waals surface area contributed by atoms with Gasteiger partial charge in [-0.1, -0.05) is 28.1 Å². The Morgan fingerprint density at radius 3 is 2.32 bits per heavy atom. The second kappa shape index (κ2) is 10.7. The van der Waals surface area contributed by atoms with Gasteiger partial charge >= 0.3 is 5.97 Å². The molecule has 0 heterocycles. The van der Waals surface area contributed by atoms with E-state index in [2.05, 4.69) is 20.7 Å². The molecule has 19 heavy (non-hydrogen) atoms. The van der Waals surface area contributed by atoms with Crippen molar-refractivity contribution in [3.8, 4) is 0 Å². The van der Waals surface area contributed by atoms with E-state index in [9.17, 15) is 9.59 Å². The summed E-state index contributed by atoms with van der Waals surface area (Å²) < 4.78 is 10.3. The Balaban J connectivity index is 0.000000344. The van der Waals surface area contributed by atoms with Gasteiger partial charge in [-0.15, -0.1) is 0 Å². The molecular formula is C14H19BrO4. The number of Topliss-reactive ketones (excluding diaryl/α,β-unsaturated/α-hetero) is 1. The topological polar surface area (TPSA) is 52.6 Å². The third kappa shape index (κ3) is 9.39. The Morgan fingerprint density at radius 1 is 1.21 bits per heavy atom. The molecule has 0 aliphatic rings. The largest absolute Gasteiger partial charge is 0.464 e. The lowest BCUT2D eigenvalue weighted by atomic mass is 10.2. The van der Waals surface area contributed by atoms with Crippen molar-refractivity contribution in [3.05, 3.63) is 34.3 Å². The molecule has 1 aromatic rings. The van der Waals surface area contributed by atoms with E-state index in [0.29, 0.717) is 13.2 Å². The van der Waals surface area contributed by atoms with Crippen LogP contribution in [-0.2, 0) is 14.3 Å². The summed E-state index contributed by atoms with van der Waals surface area (Å²) in [5.74, 6) is -0.194. The maximum Gasteiger partial charge on any atom is 0.332 e. The van der Waals surface area contributed by atoms with Crippen LogP contribution >= 0.6 is 15.9 Å². The second-order valence-electron chi connectivity index (χ2n) is 3.51. The summed E-state index contributed by atoms with van der Waals surface area (Å²) in [6.45, 7) is 6.21. The Labute approximate surface area is 122 Å². The number of benzene rings is 1. The highest BCUT2D eigenvalue weighted by Gasteiger charge is 1.98. The summed E-state index contributed by atoms with van der Waals surface area (Å²) in [5.41, 5.74) is 0.745. The first-order valence-corrected chi connectivity index (χ1v) is 6.80. The quantitative estimate of drug-likeness (QED) is 0.614. The Kier molecular flexibility index (Phi) is 10.0. The SMILES string of the molecule is CC(=O)c1cccc(Br)c1.CCOCC(=O)OCC. The minimum Gasteiger partial charge on any atom is -0.464 e. The fourth-order valence-electron chi connectivity index (χ4n) is 1.10. The van der Waals surface area contributed by atoms with Crippen molar-refractivity contribution in [1.82, 2.24) is 0 Å². The van der Waals surface area contributed by atoms with Gasteiger partial charge in [0.1, 0.15) is 6.61 Å². The van der Waals surface area contributed by atoms with Gasteiger partial charge in [-0.25, -0.2) is 4.79 Å². The predicted octanol–water partition coefficient (Wildman–Crippen LogP) is 3.24. The third-order valence-corrected chi connectivity index (χ3v) is 2.45. The molecule has 0 fully saturated rings. The molecule has 0 saturated heterocycles. The van der Waals surface area contributed by atoms with Gasteiger partial charge in [-0.05, 0) is 32.9 Å². The highest BCUT2D eigenvalue weighted by molar-refractivity contribution is 9.10. The van der Waals surface area contributed by atoms with Gasteiger partial charge in [0.2, 0.25) is 0 Å². The smallest absolute Gasteiger partial charge is 0.332 e. The molecule has 5 heteroatoms. The van der Waals surface area contributed by atoms with Gasteiger partial charge in [0.25, 0.3) is 0 Å². The lowest BCUT2D eigenvalue weighted by molar-refractivity contribution is -0.148. The maximum atomic E-state index is 10.8. The zero-order chi connectivity index (χ0) is 14.7. The van der Waals surface area contributed by atoms with Crippen molar-refractivity contribution in [3.63, 3.8) is 0 Å². The van der Waals surface area contributed by atoms with Gasteiger partial charge < -0.3 is 9.47 Å². The van der Waals surface area contributed by atoms with E-state index < -0.39 is 0 Å². The lowest BCUT2D eigenvalue weighted by Crippen LogP contribution is -2.11. The van der Waals surface area contributed by atoms with E-state index in [4.69, 9.17) is 4.74 Å². The van der Waals surface area contributed by atoms with Crippen molar-refractivity contribution in [2.45, 2.75) is 20.8 Å². The standard InChI is InChI=1S/C8H7BrO.C6H12O3/c1-6(10)7-3-2-4-8(9)5-7;1-3-8-5-6(7)9-4-2/h2-5H,1H3;3-5H2,1-2H3. The first-order chi connectivity index (χ1) is 9.01. The molecule has 4 nitrogen and oxygen atoms in total. The van der Waals surface area contributed by atoms with Crippen LogP contribution in [0.25, 0.3) is 0 Å². The normalized spacial score (nSPS) is 9.26. The number of halogens is 1. The third-order valence-electron chi connectivity index (χ3n) is 1.96. The number of ether oxygens (including phenoxy) is 2. The van der Waals surface area contributed by atoms with Crippen molar-refractivity contribution >= 4 is 27.7 Å². The molecule has 0 amide bonds. The van der Waals surface area contributed by atoms with Crippen LogP contribution in [0.5, 0.6) is 0 Å². The zero-order valence-electron chi connectivity index (χ0n) is 11.4. The first kappa shape index (κ1) is 17.8. The van der Waals surface area contributed by atoms with Crippen LogP contribution in [0.3, 0.4) is 0 Å². The first-order valence-electron chi connectivity index (χ1n) is 6.01. The minimum atomic E-state index is -0.292. The van der Waals surface area contributed by atoms with Gasteiger partial charge in [-0.2, -0.15) is 0 Å². The van der Waals surface area contributed by atoms with E-state index in [1.54, 1.807) is 19.9 Å². The number of carbonyl (C=O) groups excluding carboxylic acids is 2. The zero-order valence-corrected chi connectivity index (χ0v) is 13.0. The average molecular weight is 331 g/mol. The van der Waals surface area contributed by atoms with Crippen LogP contribution in [0, 0.1) is 0 Å². The number of hydrogen-bond acceptors (Lipinski definition) is 4. The van der Waals surface area contributed by atoms with Crippen molar-refractivity contribution < 1.29 is 19.1 Å². The average Bonchev–Trinajstić information content (AvgIpc) is 2.37. The second-order valence-corrected chi connectivity index (χ2v) is 4.42. The van der Waals surface area contributed by atoms with Crippen LogP contribution in [0.1, 0.15) is 31.1 Å². The lowest BCUT2D eigenvalue weighted by Gasteiger charge is -1.99. The number of hydrogen-bond donors (Lipinski definition) is 0. The van der Waals surface area contributed by atoms with Crippen molar-refractivity contribution in [2.24, 2.45) is 0 Å². The predicted molar refractivity (Wildman–Crippen MR) is 77.3 cm³/mol. The van der Waals surface area contributed by atoms with E-state index in [1.807, 2.05) is 25.1 Å². The number of ketones is 1. The molecule has 1 rings (SSSR count). The van der Waals surface area contributed by atoms with Crippen LogP contribution in [-0.4, -0.2) is 31.6 Å². The Bertz CT molecular complexity index is 404. The summed E-state index contributed by atoms with van der Waals surface area (Å²) in [5, 5.41) is 0. The monoisotopic (exact) mass is 330 g/mol. The molecule has 0 aliphatic carbocycles. The highest BCUT2D eigenvalue weighted by Crippen LogP contribution is 2.11. The number of rotatable bonds is 5. The number of esters is 1.